The van der Waals surface area contributed by atoms with Crippen LogP contribution in [0.15, 0.2) is 0 Å². The Bertz CT molecular complexity index is 733. The van der Waals surface area contributed by atoms with Gasteiger partial charge in [0.05, 0.1) is 17.8 Å². The molecule has 2 aromatic rings. The number of carbonyl (C=O) groups is 1. The number of carboxylic acids is 1. The summed E-state index contributed by atoms with van der Waals surface area (Å²) in [5, 5.41) is 26.8. The molecular weight excluding hydrogens is 258 g/mol. The zero-order valence-electron chi connectivity index (χ0n) is 11.8. The number of aryl methyl sites for hydroxylation is 3. The van der Waals surface area contributed by atoms with Gasteiger partial charge in [0.1, 0.15) is 11.6 Å². The van der Waals surface area contributed by atoms with Gasteiger partial charge in [-0.1, -0.05) is 0 Å². The number of nitriles is 1. The lowest BCUT2D eigenvalue weighted by atomic mass is 10.1. The van der Waals surface area contributed by atoms with Crippen LogP contribution in [0.1, 0.15) is 28.2 Å². The Morgan fingerprint density at radius 1 is 1.30 bits per heavy atom. The highest BCUT2D eigenvalue weighted by molar-refractivity contribution is 5.71. The van der Waals surface area contributed by atoms with Gasteiger partial charge in [-0.25, -0.2) is 9.36 Å². The first-order valence-electron chi connectivity index (χ1n) is 6.07. The second kappa shape index (κ2) is 4.81. The molecule has 7 nitrogen and oxygen atoms in total. The van der Waals surface area contributed by atoms with E-state index in [1.54, 1.807) is 37.2 Å². The Labute approximate surface area is 116 Å². The molecule has 20 heavy (non-hydrogen) atoms. The van der Waals surface area contributed by atoms with Crippen molar-refractivity contribution in [2.24, 2.45) is 7.05 Å². The zero-order chi connectivity index (χ0) is 15.0. The molecule has 0 aliphatic rings. The quantitative estimate of drug-likeness (QED) is 0.900. The lowest BCUT2D eigenvalue weighted by molar-refractivity contribution is -0.136. The van der Waals surface area contributed by atoms with E-state index >= 15 is 0 Å². The third-order valence-electron chi connectivity index (χ3n) is 3.27. The maximum Gasteiger partial charge on any atom is 0.307 e. The fraction of sp³-hybridized carbons (Fsp3) is 0.385. The van der Waals surface area contributed by atoms with Crippen LogP contribution in [0.4, 0.5) is 0 Å². The van der Waals surface area contributed by atoms with Crippen molar-refractivity contribution in [1.29, 1.82) is 5.26 Å². The number of hydrogen-bond acceptors (Lipinski definition) is 4. The van der Waals surface area contributed by atoms with Gasteiger partial charge < -0.3 is 5.11 Å². The van der Waals surface area contributed by atoms with E-state index in [-0.39, 0.29) is 6.42 Å². The van der Waals surface area contributed by atoms with E-state index in [1.165, 1.54) is 0 Å². The van der Waals surface area contributed by atoms with Crippen molar-refractivity contribution in [3.05, 3.63) is 28.2 Å². The molecule has 0 atom stereocenters. The minimum Gasteiger partial charge on any atom is -0.481 e. The second-order valence-electron chi connectivity index (χ2n) is 4.65. The Morgan fingerprint density at radius 2 is 1.95 bits per heavy atom. The topological polar surface area (TPSA) is 96.7 Å². The lowest BCUT2D eigenvalue weighted by Gasteiger charge is -2.05. The van der Waals surface area contributed by atoms with Crippen LogP contribution >= 0.6 is 0 Å². The van der Waals surface area contributed by atoms with E-state index in [0.29, 0.717) is 34.0 Å². The molecule has 0 spiro atoms. The molecular formula is C13H15N5O2. The molecule has 0 aromatic carbocycles. The lowest BCUT2D eigenvalue weighted by Crippen LogP contribution is -2.08. The second-order valence-corrected chi connectivity index (χ2v) is 4.65. The Balaban J connectivity index is 2.67. The first-order valence-corrected chi connectivity index (χ1v) is 6.07. The van der Waals surface area contributed by atoms with Gasteiger partial charge >= 0.3 is 5.97 Å². The summed E-state index contributed by atoms with van der Waals surface area (Å²) in [5.41, 5.74) is 3.09. The molecule has 0 aliphatic carbocycles. The average molecular weight is 273 g/mol. The Kier molecular flexibility index (Phi) is 3.32. The van der Waals surface area contributed by atoms with Gasteiger partial charge in [0.2, 0.25) is 0 Å². The third kappa shape index (κ3) is 2.05. The molecule has 0 unspecified atom stereocenters. The third-order valence-corrected chi connectivity index (χ3v) is 3.27. The monoisotopic (exact) mass is 273 g/mol. The summed E-state index contributed by atoms with van der Waals surface area (Å²) >= 11 is 0. The van der Waals surface area contributed by atoms with Gasteiger partial charge in [-0.15, -0.1) is 0 Å². The Morgan fingerprint density at radius 3 is 2.50 bits per heavy atom. The summed E-state index contributed by atoms with van der Waals surface area (Å²) in [4.78, 5) is 10.9. The molecule has 2 aromatic heterocycles. The smallest absolute Gasteiger partial charge is 0.307 e. The summed E-state index contributed by atoms with van der Waals surface area (Å²) in [6.07, 6.45) is -0.0869. The number of aromatic nitrogens is 4. The maximum atomic E-state index is 10.9. The van der Waals surface area contributed by atoms with E-state index in [2.05, 4.69) is 16.3 Å². The SMILES string of the molecule is Cc1nn(C)c(-n2nc(C)c(CC(=O)O)c2C)c1C#N. The van der Waals surface area contributed by atoms with Crippen LogP contribution in [-0.4, -0.2) is 30.6 Å². The summed E-state index contributed by atoms with van der Waals surface area (Å²) < 4.78 is 3.17. The molecule has 0 fully saturated rings. The van der Waals surface area contributed by atoms with Crippen LogP contribution in [-0.2, 0) is 18.3 Å². The minimum absolute atomic E-state index is 0.0869. The summed E-state index contributed by atoms with van der Waals surface area (Å²) in [5.74, 6) is -0.348. The molecule has 7 heteroatoms. The predicted octanol–water partition coefficient (Wildman–Crippen LogP) is 1.03. The van der Waals surface area contributed by atoms with Crippen molar-refractivity contribution in [1.82, 2.24) is 19.6 Å². The van der Waals surface area contributed by atoms with Crippen LogP contribution in [0.5, 0.6) is 0 Å². The van der Waals surface area contributed by atoms with Gasteiger partial charge in [0.15, 0.2) is 5.82 Å². The van der Waals surface area contributed by atoms with Crippen molar-refractivity contribution < 1.29 is 9.90 Å². The van der Waals surface area contributed by atoms with E-state index < -0.39 is 5.97 Å². The zero-order valence-corrected chi connectivity index (χ0v) is 11.8. The highest BCUT2D eigenvalue weighted by atomic mass is 16.4. The largest absolute Gasteiger partial charge is 0.481 e. The molecule has 2 rings (SSSR count). The first kappa shape index (κ1) is 13.8. The Hall–Kier alpha value is -2.62. The number of hydrogen-bond donors (Lipinski definition) is 1. The standard InChI is InChI=1S/C13H15N5O2/c1-7-10(5-12(19)20)9(3)18(16-7)13-11(6-14)8(2)15-17(13)4/h5H2,1-4H3,(H,19,20). The normalized spacial score (nSPS) is 10.6. The van der Waals surface area contributed by atoms with Crippen molar-refractivity contribution in [3.8, 4) is 11.9 Å². The number of carboxylic acid groups (broad SMARTS) is 1. The number of nitrogens with zero attached hydrogens (tertiary/aromatic N) is 5. The number of aliphatic carboxylic acids is 1. The molecule has 1 N–H and O–H groups in total. The highest BCUT2D eigenvalue weighted by Gasteiger charge is 2.21. The van der Waals surface area contributed by atoms with E-state index in [4.69, 9.17) is 5.11 Å². The molecule has 2 heterocycles. The van der Waals surface area contributed by atoms with Crippen LogP contribution in [0.2, 0.25) is 0 Å². The summed E-state index contributed by atoms with van der Waals surface area (Å²) in [7, 11) is 1.73. The first-order chi connectivity index (χ1) is 9.36. The molecule has 0 amide bonds. The predicted molar refractivity (Wildman–Crippen MR) is 70.6 cm³/mol. The van der Waals surface area contributed by atoms with Crippen LogP contribution in [0, 0.1) is 32.1 Å². The molecule has 0 aliphatic heterocycles. The van der Waals surface area contributed by atoms with Crippen molar-refractivity contribution in [3.63, 3.8) is 0 Å². The van der Waals surface area contributed by atoms with E-state index in [9.17, 15) is 10.1 Å². The highest BCUT2D eigenvalue weighted by Crippen LogP contribution is 2.22. The molecule has 0 saturated heterocycles. The maximum absolute atomic E-state index is 10.9. The molecule has 0 radical (unpaired) electrons. The van der Waals surface area contributed by atoms with Gasteiger partial charge in [0.25, 0.3) is 0 Å². The van der Waals surface area contributed by atoms with E-state index in [1.807, 2.05) is 0 Å². The van der Waals surface area contributed by atoms with Crippen molar-refractivity contribution in [2.75, 3.05) is 0 Å². The van der Waals surface area contributed by atoms with Gasteiger partial charge in [0, 0.05) is 18.3 Å². The molecule has 0 saturated carbocycles. The summed E-state index contributed by atoms with van der Waals surface area (Å²) in [6.45, 7) is 5.31. The van der Waals surface area contributed by atoms with Crippen LogP contribution < -0.4 is 0 Å². The van der Waals surface area contributed by atoms with Crippen molar-refractivity contribution >= 4 is 5.97 Å². The minimum atomic E-state index is -0.905. The average Bonchev–Trinajstić information content (AvgIpc) is 2.78. The fourth-order valence-corrected chi connectivity index (χ4v) is 2.31. The van der Waals surface area contributed by atoms with Crippen LogP contribution in [0.3, 0.4) is 0 Å². The molecule has 0 bridgehead atoms. The van der Waals surface area contributed by atoms with Gasteiger partial charge in [-0.3, -0.25) is 4.79 Å². The summed E-state index contributed by atoms with van der Waals surface area (Å²) in [6, 6.07) is 2.12. The number of rotatable bonds is 3. The van der Waals surface area contributed by atoms with E-state index in [0.717, 1.165) is 0 Å². The van der Waals surface area contributed by atoms with Gasteiger partial charge in [-0.2, -0.15) is 15.5 Å². The fourth-order valence-electron chi connectivity index (χ4n) is 2.31. The molecule has 104 valence electrons. The van der Waals surface area contributed by atoms with Crippen molar-refractivity contribution in [2.45, 2.75) is 27.2 Å². The van der Waals surface area contributed by atoms with Gasteiger partial charge in [-0.05, 0) is 20.8 Å². The van der Waals surface area contributed by atoms with Crippen LogP contribution in [0.25, 0.3) is 5.82 Å².